The van der Waals surface area contributed by atoms with Crippen molar-refractivity contribution in [3.05, 3.63) is 64.0 Å². The number of benzene rings is 2. The third-order valence-electron chi connectivity index (χ3n) is 8.27. The van der Waals surface area contributed by atoms with E-state index in [0.717, 1.165) is 25.7 Å². The zero-order chi connectivity index (χ0) is 25.9. The molecule has 0 spiro atoms. The Bertz CT molecular complexity index is 1250. The number of nitrogens with one attached hydrogen (secondary N) is 1. The van der Waals surface area contributed by atoms with Gasteiger partial charge in [-0.15, -0.1) is 0 Å². The largest absolute Gasteiger partial charge is 0.246 e. The highest BCUT2D eigenvalue weighted by Crippen LogP contribution is 2.57. The molecule has 0 aromatic heterocycles. The summed E-state index contributed by atoms with van der Waals surface area (Å²) in [6.07, 6.45) is 4.05. The Kier molecular flexibility index (Phi) is 6.58. The smallest absolute Gasteiger partial charge is 0.210 e. The number of fused-ring (bicyclic) bond motifs is 3. The van der Waals surface area contributed by atoms with E-state index in [4.69, 9.17) is 0 Å². The first-order valence-corrected chi connectivity index (χ1v) is 13.4. The molecule has 192 valence electrons. The van der Waals surface area contributed by atoms with Gasteiger partial charge in [0.05, 0.1) is 0 Å². The van der Waals surface area contributed by atoms with Crippen LogP contribution in [0.1, 0.15) is 76.0 Å². The number of sulfonamides is 1. The second kappa shape index (κ2) is 8.83. The van der Waals surface area contributed by atoms with Crippen molar-refractivity contribution in [1.29, 1.82) is 0 Å². The van der Waals surface area contributed by atoms with Crippen molar-refractivity contribution in [3.63, 3.8) is 0 Å². The van der Waals surface area contributed by atoms with Crippen LogP contribution in [0.3, 0.4) is 0 Å². The molecule has 0 bridgehead atoms. The van der Waals surface area contributed by atoms with Crippen molar-refractivity contribution in [2.75, 3.05) is 6.54 Å². The molecule has 2 aliphatic rings. The molecule has 0 aliphatic heterocycles. The summed E-state index contributed by atoms with van der Waals surface area (Å²) in [7, 11) is -5.00. The molecule has 2 aromatic carbocycles. The lowest BCUT2D eigenvalue weighted by Gasteiger charge is -2.55. The Morgan fingerprint density at radius 3 is 2.17 bits per heavy atom. The quantitative estimate of drug-likeness (QED) is 0.281. The van der Waals surface area contributed by atoms with Gasteiger partial charge in [0.25, 0.3) is 0 Å². The van der Waals surface area contributed by atoms with E-state index in [0.29, 0.717) is 12.3 Å². The number of aryl methyl sites for hydroxylation is 1. The third-order valence-corrected chi connectivity index (χ3v) is 9.69. The maximum atomic E-state index is 14.2. The van der Waals surface area contributed by atoms with Crippen LogP contribution in [0.4, 0.5) is 22.0 Å². The summed E-state index contributed by atoms with van der Waals surface area (Å²) < 4.78 is 96.8. The van der Waals surface area contributed by atoms with Gasteiger partial charge >= 0.3 is 0 Å². The maximum Gasteiger partial charge on any atom is 0.246 e. The molecule has 0 amide bonds. The van der Waals surface area contributed by atoms with E-state index >= 15 is 0 Å². The second-order valence-corrected chi connectivity index (χ2v) is 12.5. The van der Waals surface area contributed by atoms with Gasteiger partial charge in [0.2, 0.25) is 15.8 Å². The molecule has 0 saturated heterocycles. The number of hydrogen-bond donors (Lipinski definition) is 1. The van der Waals surface area contributed by atoms with Crippen LogP contribution in [0, 0.1) is 40.4 Å². The Balaban J connectivity index is 1.65. The molecular weight excluding hydrogens is 485 g/mol. The zero-order valence-electron chi connectivity index (χ0n) is 20.2. The normalized spacial score (nSPS) is 26.5. The van der Waals surface area contributed by atoms with Crippen molar-refractivity contribution >= 4 is 10.0 Å². The topological polar surface area (TPSA) is 46.2 Å². The van der Waals surface area contributed by atoms with Crippen molar-refractivity contribution < 1.29 is 30.4 Å². The van der Waals surface area contributed by atoms with Gasteiger partial charge in [-0.2, -0.15) is 0 Å². The molecular formula is C26H30F5NO2S. The summed E-state index contributed by atoms with van der Waals surface area (Å²) >= 11 is 0. The molecule has 0 radical (unpaired) electrons. The first kappa shape index (κ1) is 26.1. The number of halogens is 5. The highest BCUT2D eigenvalue weighted by Gasteiger charge is 2.52. The third kappa shape index (κ3) is 4.18. The van der Waals surface area contributed by atoms with Crippen LogP contribution in [0.25, 0.3) is 0 Å². The van der Waals surface area contributed by atoms with Gasteiger partial charge in [-0.1, -0.05) is 52.3 Å². The van der Waals surface area contributed by atoms with E-state index in [1.807, 2.05) is 6.92 Å². The Morgan fingerprint density at radius 1 is 0.971 bits per heavy atom. The van der Waals surface area contributed by atoms with Gasteiger partial charge in [-0.25, -0.2) is 35.1 Å². The molecule has 1 fully saturated rings. The molecule has 4 rings (SSSR count). The molecule has 35 heavy (non-hydrogen) atoms. The van der Waals surface area contributed by atoms with Crippen molar-refractivity contribution in [2.45, 2.75) is 76.0 Å². The van der Waals surface area contributed by atoms with E-state index < -0.39 is 49.4 Å². The van der Waals surface area contributed by atoms with Crippen LogP contribution in [-0.4, -0.2) is 15.0 Å². The zero-order valence-corrected chi connectivity index (χ0v) is 21.1. The van der Waals surface area contributed by atoms with Gasteiger partial charge in [0, 0.05) is 6.54 Å². The van der Waals surface area contributed by atoms with E-state index in [9.17, 15) is 30.4 Å². The molecule has 0 unspecified atom stereocenters. The highest BCUT2D eigenvalue weighted by molar-refractivity contribution is 7.89. The van der Waals surface area contributed by atoms with Gasteiger partial charge in [-0.3, -0.25) is 0 Å². The summed E-state index contributed by atoms with van der Waals surface area (Å²) in [5, 5.41) is 0. The van der Waals surface area contributed by atoms with E-state index in [1.54, 1.807) is 0 Å². The lowest BCUT2D eigenvalue weighted by Crippen LogP contribution is -2.53. The monoisotopic (exact) mass is 515 g/mol. The fourth-order valence-corrected chi connectivity index (χ4v) is 7.68. The summed E-state index contributed by atoms with van der Waals surface area (Å²) in [6.45, 7) is 8.23. The van der Waals surface area contributed by atoms with Crippen LogP contribution < -0.4 is 4.72 Å². The summed E-state index contributed by atoms with van der Waals surface area (Å²) in [4.78, 5) is -1.84. The van der Waals surface area contributed by atoms with Gasteiger partial charge in [0.15, 0.2) is 28.2 Å². The predicted molar refractivity (Wildman–Crippen MR) is 123 cm³/mol. The Labute approximate surface area is 203 Å². The highest BCUT2D eigenvalue weighted by atomic mass is 32.2. The lowest BCUT2D eigenvalue weighted by molar-refractivity contribution is 0.0298. The molecule has 1 N–H and O–H groups in total. The predicted octanol–water partition coefficient (Wildman–Crippen LogP) is 6.49. The fourth-order valence-electron chi connectivity index (χ4n) is 6.37. The van der Waals surface area contributed by atoms with Gasteiger partial charge in [0.1, 0.15) is 0 Å². The summed E-state index contributed by atoms with van der Waals surface area (Å²) in [6, 6.07) is 6.55. The minimum Gasteiger partial charge on any atom is -0.210 e. The molecule has 0 heterocycles. The summed E-state index contributed by atoms with van der Waals surface area (Å²) in [5.41, 5.74) is 3.01. The second-order valence-electron chi connectivity index (χ2n) is 10.8. The molecule has 2 aromatic rings. The Morgan fingerprint density at radius 2 is 1.57 bits per heavy atom. The van der Waals surface area contributed by atoms with Crippen molar-refractivity contribution in [2.24, 2.45) is 11.3 Å². The SMILES string of the molecule is CC(C)c1ccc2c(c1)CC[C@H]1[C@](C)(CNS(=O)(=O)c3c(F)c(F)c(F)c(F)c3F)CCC[C@]21C. The van der Waals surface area contributed by atoms with E-state index in [1.165, 1.54) is 16.7 Å². The van der Waals surface area contributed by atoms with E-state index in [-0.39, 0.29) is 17.9 Å². The number of hydrogen-bond acceptors (Lipinski definition) is 2. The molecule has 3 nitrogen and oxygen atoms in total. The van der Waals surface area contributed by atoms with Crippen molar-refractivity contribution in [1.82, 2.24) is 4.72 Å². The molecule has 9 heteroatoms. The van der Waals surface area contributed by atoms with Crippen LogP contribution in [0.2, 0.25) is 0 Å². The van der Waals surface area contributed by atoms with Gasteiger partial charge in [-0.05, 0) is 65.0 Å². The van der Waals surface area contributed by atoms with Crippen molar-refractivity contribution in [3.8, 4) is 0 Å². The number of rotatable bonds is 5. The summed E-state index contributed by atoms with van der Waals surface area (Å²) in [5.74, 6) is -11.2. The average Bonchev–Trinajstić information content (AvgIpc) is 2.80. The Hall–Kier alpha value is -2.00. The lowest BCUT2D eigenvalue weighted by atomic mass is 9.50. The fraction of sp³-hybridized carbons (Fsp3) is 0.538. The van der Waals surface area contributed by atoms with Crippen LogP contribution in [0.15, 0.2) is 23.1 Å². The maximum absolute atomic E-state index is 14.2. The van der Waals surface area contributed by atoms with Crippen LogP contribution in [0.5, 0.6) is 0 Å². The molecule has 3 atom stereocenters. The molecule has 1 saturated carbocycles. The minimum absolute atomic E-state index is 0.0697. The first-order valence-electron chi connectivity index (χ1n) is 11.9. The van der Waals surface area contributed by atoms with E-state index in [2.05, 4.69) is 43.7 Å². The first-order chi connectivity index (χ1) is 16.2. The molecule has 2 aliphatic carbocycles. The van der Waals surface area contributed by atoms with Crippen LogP contribution >= 0.6 is 0 Å². The average molecular weight is 516 g/mol. The standard InChI is InChI=1S/C26H30F5NO2S/c1-14(2)15-6-8-17-16(12-15)7-9-18-25(3,10-5-11-26(17,18)4)13-32-35(33,34)24-22(30)20(28)19(27)21(29)23(24)31/h6,8,12,14,18,32H,5,7,9-11,13H2,1-4H3/t18-,25-,26+/m0/s1. The minimum atomic E-state index is -5.00. The van der Waals surface area contributed by atoms with Gasteiger partial charge < -0.3 is 0 Å². The van der Waals surface area contributed by atoms with Crippen LogP contribution in [-0.2, 0) is 21.9 Å².